The quantitative estimate of drug-likeness (QED) is 0.449. The zero-order valence-electron chi connectivity index (χ0n) is 8.80. The highest BCUT2D eigenvalue weighted by Crippen LogP contribution is 2.03. The van der Waals surface area contributed by atoms with Crippen molar-refractivity contribution in [2.75, 3.05) is 0 Å². The monoisotopic (exact) mass is 215 g/mol. The Kier molecular flexibility index (Phi) is 4.46. The highest BCUT2D eigenvalue weighted by atomic mass is 15.4. The molecule has 0 saturated heterocycles. The second kappa shape index (κ2) is 6.13. The maximum absolute atomic E-state index is 5.37. The molecule has 1 aromatic carbocycles. The number of hydrazone groups is 1. The molecule has 0 spiro atoms. The van der Waals surface area contributed by atoms with Crippen LogP contribution in [0.25, 0.3) is 6.08 Å². The van der Waals surface area contributed by atoms with Crippen LogP contribution in [0.4, 0.5) is 0 Å². The second-order valence-corrected chi connectivity index (χ2v) is 2.87. The van der Waals surface area contributed by atoms with Crippen molar-refractivity contribution in [2.24, 2.45) is 21.0 Å². The molecular weight excluding hydrogens is 202 g/mol. The summed E-state index contributed by atoms with van der Waals surface area (Å²) < 4.78 is 0. The zero-order valence-corrected chi connectivity index (χ0v) is 8.80. The highest BCUT2D eigenvalue weighted by molar-refractivity contribution is 5.82. The summed E-state index contributed by atoms with van der Waals surface area (Å²) in [5, 5.41) is 10.8. The van der Waals surface area contributed by atoms with Crippen LogP contribution in [0.2, 0.25) is 0 Å². The van der Waals surface area contributed by atoms with E-state index in [1.165, 1.54) is 0 Å². The molecule has 16 heavy (non-hydrogen) atoms. The van der Waals surface area contributed by atoms with E-state index in [1.54, 1.807) is 12.3 Å². The van der Waals surface area contributed by atoms with Gasteiger partial charge in [0.25, 0.3) is 0 Å². The number of benzene rings is 1. The SMILES string of the molecule is C=Cc1ccc(C=NN=C(N)NN=C)cc1. The normalized spacial score (nSPS) is 11.4. The van der Waals surface area contributed by atoms with Crippen LogP contribution in [0, 0.1) is 0 Å². The summed E-state index contributed by atoms with van der Waals surface area (Å²) in [7, 11) is 0. The summed E-state index contributed by atoms with van der Waals surface area (Å²) in [6.07, 6.45) is 3.36. The summed E-state index contributed by atoms with van der Waals surface area (Å²) in [6, 6.07) is 7.69. The number of nitrogens with zero attached hydrogens (tertiary/aromatic N) is 3. The molecule has 0 saturated carbocycles. The fraction of sp³-hybridized carbons (Fsp3) is 0. The van der Waals surface area contributed by atoms with Crippen LogP contribution in [-0.2, 0) is 0 Å². The van der Waals surface area contributed by atoms with E-state index < -0.39 is 0 Å². The molecule has 0 radical (unpaired) electrons. The molecular formula is C11H13N5. The van der Waals surface area contributed by atoms with E-state index in [2.05, 4.69) is 34.0 Å². The molecule has 0 aliphatic carbocycles. The summed E-state index contributed by atoms with van der Waals surface area (Å²) in [6.45, 7) is 6.87. The molecule has 5 heteroatoms. The van der Waals surface area contributed by atoms with E-state index in [4.69, 9.17) is 5.73 Å². The van der Waals surface area contributed by atoms with Gasteiger partial charge in [0, 0.05) is 6.72 Å². The molecule has 1 rings (SSSR count). The maximum Gasteiger partial charge on any atom is 0.234 e. The molecule has 0 heterocycles. The number of hydrogen-bond acceptors (Lipinski definition) is 3. The molecule has 0 amide bonds. The first-order valence-corrected chi connectivity index (χ1v) is 4.57. The Morgan fingerprint density at radius 2 is 1.88 bits per heavy atom. The van der Waals surface area contributed by atoms with Crippen molar-refractivity contribution >= 4 is 25.0 Å². The molecule has 0 aliphatic heterocycles. The Balaban J connectivity index is 2.65. The molecule has 82 valence electrons. The Labute approximate surface area is 94.1 Å². The molecule has 0 aromatic heterocycles. The molecule has 0 atom stereocenters. The largest absolute Gasteiger partial charge is 0.367 e. The van der Waals surface area contributed by atoms with Gasteiger partial charge in [-0.25, -0.2) is 5.43 Å². The van der Waals surface area contributed by atoms with Crippen LogP contribution >= 0.6 is 0 Å². The predicted molar refractivity (Wildman–Crippen MR) is 68.4 cm³/mol. The van der Waals surface area contributed by atoms with Crippen LogP contribution < -0.4 is 11.2 Å². The van der Waals surface area contributed by atoms with E-state index in [1.807, 2.05) is 24.3 Å². The summed E-state index contributed by atoms with van der Waals surface area (Å²) >= 11 is 0. The van der Waals surface area contributed by atoms with Gasteiger partial charge in [0.2, 0.25) is 5.96 Å². The molecule has 0 aliphatic rings. The van der Waals surface area contributed by atoms with Crippen LogP contribution in [0.3, 0.4) is 0 Å². The molecule has 1 aromatic rings. The number of nitrogens with one attached hydrogen (secondary N) is 1. The van der Waals surface area contributed by atoms with E-state index in [0.29, 0.717) is 0 Å². The van der Waals surface area contributed by atoms with Gasteiger partial charge in [0.15, 0.2) is 0 Å². The summed E-state index contributed by atoms with van der Waals surface area (Å²) in [4.78, 5) is 0. The van der Waals surface area contributed by atoms with E-state index in [0.717, 1.165) is 11.1 Å². The standard InChI is InChI=1S/C11H13N5/c1-3-9-4-6-10(7-5-9)8-14-16-11(12)15-13-2/h3-8H,1-2H2,(H3,12,15,16). The lowest BCUT2D eigenvalue weighted by molar-refractivity contribution is 0.999. The number of hydrogen-bond donors (Lipinski definition) is 2. The van der Waals surface area contributed by atoms with Crippen LogP contribution in [0.15, 0.2) is 46.1 Å². The van der Waals surface area contributed by atoms with Gasteiger partial charge in [-0.15, -0.1) is 5.10 Å². The van der Waals surface area contributed by atoms with Crippen molar-refractivity contribution in [2.45, 2.75) is 0 Å². The van der Waals surface area contributed by atoms with E-state index in [9.17, 15) is 0 Å². The lowest BCUT2D eigenvalue weighted by Crippen LogP contribution is -2.26. The minimum Gasteiger partial charge on any atom is -0.367 e. The van der Waals surface area contributed by atoms with Crippen molar-refractivity contribution in [3.8, 4) is 0 Å². The average Bonchev–Trinajstić information content (AvgIpc) is 2.30. The van der Waals surface area contributed by atoms with Crippen molar-refractivity contribution in [1.82, 2.24) is 5.43 Å². The van der Waals surface area contributed by atoms with Crippen LogP contribution in [0.1, 0.15) is 11.1 Å². The fourth-order valence-corrected chi connectivity index (χ4v) is 0.979. The van der Waals surface area contributed by atoms with E-state index >= 15 is 0 Å². The van der Waals surface area contributed by atoms with Gasteiger partial charge < -0.3 is 5.73 Å². The summed E-state index contributed by atoms with van der Waals surface area (Å²) in [5.74, 6) is 0.0916. The van der Waals surface area contributed by atoms with Gasteiger partial charge >= 0.3 is 0 Å². The van der Waals surface area contributed by atoms with Gasteiger partial charge in [-0.2, -0.15) is 10.2 Å². The molecule has 0 unspecified atom stereocenters. The van der Waals surface area contributed by atoms with Crippen molar-refractivity contribution in [3.05, 3.63) is 42.0 Å². The van der Waals surface area contributed by atoms with Crippen LogP contribution in [0.5, 0.6) is 0 Å². The third kappa shape index (κ3) is 3.75. The average molecular weight is 215 g/mol. The highest BCUT2D eigenvalue weighted by Gasteiger charge is 1.88. The van der Waals surface area contributed by atoms with E-state index in [-0.39, 0.29) is 5.96 Å². The van der Waals surface area contributed by atoms with Gasteiger partial charge in [-0.3, -0.25) is 0 Å². The smallest absolute Gasteiger partial charge is 0.234 e. The third-order valence-electron chi connectivity index (χ3n) is 1.74. The van der Waals surface area contributed by atoms with Gasteiger partial charge in [-0.1, -0.05) is 36.9 Å². The summed E-state index contributed by atoms with van der Waals surface area (Å²) in [5.41, 5.74) is 9.71. The number of guanidine groups is 1. The van der Waals surface area contributed by atoms with Crippen molar-refractivity contribution in [1.29, 1.82) is 0 Å². The van der Waals surface area contributed by atoms with Crippen LogP contribution in [-0.4, -0.2) is 18.9 Å². The first kappa shape index (κ1) is 11.6. The lowest BCUT2D eigenvalue weighted by atomic mass is 10.1. The zero-order chi connectivity index (χ0) is 11.8. The Morgan fingerprint density at radius 1 is 1.25 bits per heavy atom. The first-order chi connectivity index (χ1) is 7.76. The minimum absolute atomic E-state index is 0.0916. The topological polar surface area (TPSA) is 75.1 Å². The number of nitrogens with two attached hydrogens (primary N) is 1. The van der Waals surface area contributed by atoms with Gasteiger partial charge in [-0.05, 0) is 11.1 Å². The Hall–Kier alpha value is -2.43. The third-order valence-corrected chi connectivity index (χ3v) is 1.74. The Morgan fingerprint density at radius 3 is 2.44 bits per heavy atom. The Bertz CT molecular complexity index is 417. The molecule has 3 N–H and O–H groups in total. The molecule has 5 nitrogen and oxygen atoms in total. The minimum atomic E-state index is 0.0916. The molecule has 0 fully saturated rings. The van der Waals surface area contributed by atoms with Crippen molar-refractivity contribution in [3.63, 3.8) is 0 Å². The fourth-order valence-electron chi connectivity index (χ4n) is 0.979. The number of rotatable bonds is 4. The lowest BCUT2D eigenvalue weighted by Gasteiger charge is -1.94. The van der Waals surface area contributed by atoms with Gasteiger partial charge in [0.05, 0.1) is 6.21 Å². The second-order valence-electron chi connectivity index (χ2n) is 2.87. The van der Waals surface area contributed by atoms with Crippen molar-refractivity contribution < 1.29 is 0 Å². The first-order valence-electron chi connectivity index (χ1n) is 4.57. The molecule has 0 bridgehead atoms. The maximum atomic E-state index is 5.37. The van der Waals surface area contributed by atoms with Gasteiger partial charge in [0.1, 0.15) is 0 Å². The predicted octanol–water partition coefficient (Wildman–Crippen LogP) is 1.18.